The highest BCUT2D eigenvalue weighted by Gasteiger charge is 2.38. The molecule has 0 rings (SSSR count). The molecule has 0 aromatic carbocycles. The molecule has 0 aromatic heterocycles. The first-order valence-corrected chi connectivity index (χ1v) is 3.56. The van der Waals surface area contributed by atoms with Crippen LogP contribution in [0.4, 0.5) is 17.6 Å². The summed E-state index contributed by atoms with van der Waals surface area (Å²) >= 11 is 0. The SMILES string of the molecule is CCC(F)CC(F)(F)[C@H](C)F. The maximum Gasteiger partial charge on any atom is 0.281 e. The van der Waals surface area contributed by atoms with Crippen molar-refractivity contribution in [2.75, 3.05) is 0 Å². The number of halogens is 4. The molecule has 0 aromatic rings. The van der Waals surface area contributed by atoms with Gasteiger partial charge in [-0.1, -0.05) is 6.92 Å². The summed E-state index contributed by atoms with van der Waals surface area (Å²) < 4.78 is 49.1. The summed E-state index contributed by atoms with van der Waals surface area (Å²) in [5, 5.41) is 0. The fourth-order valence-corrected chi connectivity index (χ4v) is 0.602. The minimum Gasteiger partial charge on any atom is -0.247 e. The Labute approximate surface area is 63.6 Å². The molecular formula is C7H12F4. The predicted octanol–water partition coefficient (Wildman–Crippen LogP) is 3.12. The van der Waals surface area contributed by atoms with E-state index in [4.69, 9.17) is 0 Å². The molecule has 0 aliphatic heterocycles. The molecule has 0 N–H and O–H groups in total. The van der Waals surface area contributed by atoms with Crippen LogP contribution in [0.5, 0.6) is 0 Å². The van der Waals surface area contributed by atoms with Crippen LogP contribution in [0.3, 0.4) is 0 Å². The third-order valence-electron chi connectivity index (χ3n) is 1.52. The zero-order chi connectivity index (χ0) is 9.07. The Morgan fingerprint density at radius 2 is 1.73 bits per heavy atom. The van der Waals surface area contributed by atoms with Crippen LogP contribution in [0.2, 0.25) is 0 Å². The summed E-state index contributed by atoms with van der Waals surface area (Å²) in [5.41, 5.74) is 0. The van der Waals surface area contributed by atoms with Crippen LogP contribution in [0.15, 0.2) is 0 Å². The zero-order valence-corrected chi connectivity index (χ0v) is 6.58. The normalized spacial score (nSPS) is 18.0. The van der Waals surface area contributed by atoms with Crippen LogP contribution in [0.25, 0.3) is 0 Å². The van der Waals surface area contributed by atoms with E-state index >= 15 is 0 Å². The highest BCUT2D eigenvalue weighted by Crippen LogP contribution is 2.28. The van der Waals surface area contributed by atoms with Gasteiger partial charge in [-0.3, -0.25) is 0 Å². The Balaban J connectivity index is 3.90. The van der Waals surface area contributed by atoms with E-state index in [2.05, 4.69) is 0 Å². The Bertz CT molecular complexity index is 111. The monoisotopic (exact) mass is 172 g/mol. The molecule has 1 unspecified atom stereocenters. The smallest absolute Gasteiger partial charge is 0.247 e. The standard InChI is InChI=1S/C7H12F4/c1-3-6(9)4-7(10,11)5(2)8/h5-6H,3-4H2,1-2H3/t5-,6?/m0/s1. The molecule has 0 nitrogen and oxygen atoms in total. The van der Waals surface area contributed by atoms with Gasteiger partial charge in [0, 0.05) is 6.42 Å². The minimum absolute atomic E-state index is 0.00229. The highest BCUT2D eigenvalue weighted by molar-refractivity contribution is 4.76. The second-order valence-electron chi connectivity index (χ2n) is 2.59. The van der Waals surface area contributed by atoms with E-state index in [0.29, 0.717) is 0 Å². The first-order chi connectivity index (χ1) is 4.90. The number of hydrogen-bond donors (Lipinski definition) is 0. The largest absolute Gasteiger partial charge is 0.281 e. The van der Waals surface area contributed by atoms with E-state index in [1.807, 2.05) is 0 Å². The molecule has 0 bridgehead atoms. The average Bonchev–Trinajstić information content (AvgIpc) is 1.86. The Morgan fingerprint density at radius 1 is 1.27 bits per heavy atom. The van der Waals surface area contributed by atoms with Crippen LogP contribution in [-0.2, 0) is 0 Å². The molecule has 0 amide bonds. The van der Waals surface area contributed by atoms with Crippen molar-refractivity contribution in [1.82, 2.24) is 0 Å². The molecule has 2 atom stereocenters. The van der Waals surface area contributed by atoms with Gasteiger partial charge in [0.25, 0.3) is 5.92 Å². The molecule has 0 heterocycles. The third-order valence-corrected chi connectivity index (χ3v) is 1.52. The lowest BCUT2D eigenvalue weighted by Gasteiger charge is -2.18. The van der Waals surface area contributed by atoms with Crippen LogP contribution in [-0.4, -0.2) is 18.3 Å². The van der Waals surface area contributed by atoms with E-state index < -0.39 is 24.7 Å². The van der Waals surface area contributed by atoms with Gasteiger partial charge in [0.2, 0.25) is 0 Å². The van der Waals surface area contributed by atoms with Gasteiger partial charge in [-0.15, -0.1) is 0 Å². The van der Waals surface area contributed by atoms with Gasteiger partial charge < -0.3 is 0 Å². The maximum absolute atomic E-state index is 12.4. The first kappa shape index (κ1) is 10.7. The lowest BCUT2D eigenvalue weighted by Crippen LogP contribution is -2.30. The van der Waals surface area contributed by atoms with Gasteiger partial charge in [0.05, 0.1) is 0 Å². The molecular weight excluding hydrogens is 160 g/mol. The van der Waals surface area contributed by atoms with Gasteiger partial charge in [0.15, 0.2) is 6.17 Å². The van der Waals surface area contributed by atoms with Crippen molar-refractivity contribution in [3.8, 4) is 0 Å². The van der Waals surface area contributed by atoms with Crippen LogP contribution in [0.1, 0.15) is 26.7 Å². The molecule has 0 saturated carbocycles. The molecule has 11 heavy (non-hydrogen) atoms. The predicted molar refractivity (Wildman–Crippen MR) is 35.3 cm³/mol. The molecule has 0 saturated heterocycles. The molecule has 4 heteroatoms. The topological polar surface area (TPSA) is 0 Å². The summed E-state index contributed by atoms with van der Waals surface area (Å²) in [6.07, 6.45) is -4.89. The number of hydrogen-bond acceptors (Lipinski definition) is 0. The molecule has 0 spiro atoms. The molecule has 0 aliphatic carbocycles. The fraction of sp³-hybridized carbons (Fsp3) is 1.00. The average molecular weight is 172 g/mol. The summed E-state index contributed by atoms with van der Waals surface area (Å²) in [6, 6.07) is 0. The van der Waals surface area contributed by atoms with Crippen LogP contribution >= 0.6 is 0 Å². The molecule has 0 radical (unpaired) electrons. The van der Waals surface area contributed by atoms with Crippen molar-refractivity contribution in [2.24, 2.45) is 0 Å². The van der Waals surface area contributed by atoms with E-state index in [-0.39, 0.29) is 6.42 Å². The zero-order valence-electron chi connectivity index (χ0n) is 6.58. The van der Waals surface area contributed by atoms with E-state index in [1.54, 1.807) is 0 Å². The van der Waals surface area contributed by atoms with Crippen molar-refractivity contribution in [2.45, 2.75) is 45.0 Å². The molecule has 68 valence electrons. The quantitative estimate of drug-likeness (QED) is 0.571. The lowest BCUT2D eigenvalue weighted by molar-refractivity contribution is -0.0855. The number of rotatable bonds is 4. The second-order valence-corrected chi connectivity index (χ2v) is 2.59. The van der Waals surface area contributed by atoms with E-state index in [1.165, 1.54) is 6.92 Å². The third kappa shape index (κ3) is 3.58. The summed E-state index contributed by atoms with van der Waals surface area (Å²) in [6.45, 7) is 2.19. The molecule has 0 aliphatic rings. The summed E-state index contributed by atoms with van der Waals surface area (Å²) in [5.74, 6) is -3.52. The molecule has 0 fully saturated rings. The number of alkyl halides is 4. The van der Waals surface area contributed by atoms with E-state index in [9.17, 15) is 17.6 Å². The first-order valence-electron chi connectivity index (χ1n) is 3.56. The van der Waals surface area contributed by atoms with Crippen LogP contribution < -0.4 is 0 Å². The van der Waals surface area contributed by atoms with Crippen molar-refractivity contribution >= 4 is 0 Å². The van der Waals surface area contributed by atoms with Crippen LogP contribution in [0, 0.1) is 0 Å². The summed E-state index contributed by atoms with van der Waals surface area (Å²) in [4.78, 5) is 0. The Morgan fingerprint density at radius 3 is 2.00 bits per heavy atom. The van der Waals surface area contributed by atoms with Crippen molar-refractivity contribution in [1.29, 1.82) is 0 Å². The van der Waals surface area contributed by atoms with Gasteiger partial charge in [-0.25, -0.2) is 17.6 Å². The highest BCUT2D eigenvalue weighted by atomic mass is 19.3. The van der Waals surface area contributed by atoms with Crippen molar-refractivity contribution in [3.63, 3.8) is 0 Å². The van der Waals surface area contributed by atoms with Crippen molar-refractivity contribution < 1.29 is 17.6 Å². The van der Waals surface area contributed by atoms with Gasteiger partial charge in [-0.2, -0.15) is 0 Å². The second kappa shape index (κ2) is 3.93. The van der Waals surface area contributed by atoms with E-state index in [0.717, 1.165) is 6.92 Å². The summed E-state index contributed by atoms with van der Waals surface area (Å²) in [7, 11) is 0. The van der Waals surface area contributed by atoms with Gasteiger partial charge in [0.1, 0.15) is 6.17 Å². The van der Waals surface area contributed by atoms with Gasteiger partial charge >= 0.3 is 0 Å². The Hall–Kier alpha value is -0.280. The van der Waals surface area contributed by atoms with Crippen molar-refractivity contribution in [3.05, 3.63) is 0 Å². The maximum atomic E-state index is 12.4. The minimum atomic E-state index is -3.52. The fourth-order valence-electron chi connectivity index (χ4n) is 0.602. The lowest BCUT2D eigenvalue weighted by atomic mass is 10.1. The van der Waals surface area contributed by atoms with Gasteiger partial charge in [-0.05, 0) is 13.3 Å². The Kier molecular flexibility index (Phi) is 3.83.